The molecule has 0 saturated carbocycles. The average molecular weight is 296 g/mol. The number of hydrogen-bond acceptors (Lipinski definition) is 4. The van der Waals surface area contributed by atoms with E-state index in [1.807, 2.05) is 36.0 Å². The van der Waals surface area contributed by atoms with Crippen molar-refractivity contribution in [1.29, 1.82) is 0 Å². The number of aromatic nitrogens is 4. The Kier molecular flexibility index (Phi) is 4.04. The Balaban J connectivity index is 2.02. The van der Waals surface area contributed by atoms with E-state index in [0.29, 0.717) is 12.5 Å². The van der Waals surface area contributed by atoms with Crippen molar-refractivity contribution in [3.63, 3.8) is 0 Å². The van der Waals surface area contributed by atoms with Gasteiger partial charge in [0.1, 0.15) is 5.75 Å². The highest BCUT2D eigenvalue weighted by Crippen LogP contribution is 2.27. The largest absolute Gasteiger partial charge is 0.494 e. The summed E-state index contributed by atoms with van der Waals surface area (Å²) < 4.78 is 7.41. The highest BCUT2D eigenvalue weighted by Gasteiger charge is 2.20. The van der Waals surface area contributed by atoms with Crippen molar-refractivity contribution < 1.29 is 4.74 Å². The first-order valence-corrected chi connectivity index (χ1v) is 7.58. The standard InChI is InChI=1S/C17H20N4O/c1-4-22-14-6-8-15-13(11-14)5-7-16(19-15)17(12(2)3)21-10-9-18-20-21/h5-12,17H,4H2,1-3H3. The van der Waals surface area contributed by atoms with Crippen LogP contribution in [0.3, 0.4) is 0 Å². The molecule has 22 heavy (non-hydrogen) atoms. The summed E-state index contributed by atoms with van der Waals surface area (Å²) in [5.74, 6) is 1.25. The second kappa shape index (κ2) is 6.13. The van der Waals surface area contributed by atoms with E-state index in [9.17, 15) is 0 Å². The first-order chi connectivity index (χ1) is 10.7. The molecule has 0 fully saturated rings. The molecule has 1 atom stereocenters. The van der Waals surface area contributed by atoms with Gasteiger partial charge in [0.05, 0.1) is 30.1 Å². The van der Waals surface area contributed by atoms with Crippen molar-refractivity contribution in [2.24, 2.45) is 5.92 Å². The van der Waals surface area contributed by atoms with Crippen molar-refractivity contribution in [2.45, 2.75) is 26.8 Å². The third-order valence-electron chi connectivity index (χ3n) is 3.65. The van der Waals surface area contributed by atoms with E-state index in [4.69, 9.17) is 9.72 Å². The molecule has 5 heteroatoms. The van der Waals surface area contributed by atoms with Gasteiger partial charge in [0.15, 0.2) is 0 Å². The van der Waals surface area contributed by atoms with Crippen molar-refractivity contribution in [3.05, 3.63) is 48.4 Å². The summed E-state index contributed by atoms with van der Waals surface area (Å²) >= 11 is 0. The van der Waals surface area contributed by atoms with E-state index >= 15 is 0 Å². The van der Waals surface area contributed by atoms with Crippen LogP contribution in [0.15, 0.2) is 42.7 Å². The molecule has 1 unspecified atom stereocenters. The number of pyridine rings is 1. The fourth-order valence-corrected chi connectivity index (χ4v) is 2.69. The van der Waals surface area contributed by atoms with Gasteiger partial charge in [0.25, 0.3) is 0 Å². The smallest absolute Gasteiger partial charge is 0.120 e. The first-order valence-electron chi connectivity index (χ1n) is 7.58. The summed E-state index contributed by atoms with van der Waals surface area (Å²) in [6.07, 6.45) is 3.58. The Morgan fingerprint density at radius 3 is 2.73 bits per heavy atom. The molecular formula is C17H20N4O. The molecule has 0 saturated heterocycles. The Hall–Kier alpha value is -2.43. The third-order valence-corrected chi connectivity index (χ3v) is 3.65. The zero-order valence-electron chi connectivity index (χ0n) is 13.1. The monoisotopic (exact) mass is 296 g/mol. The fraction of sp³-hybridized carbons (Fsp3) is 0.353. The summed E-state index contributed by atoms with van der Waals surface area (Å²) in [6, 6.07) is 10.2. The first kappa shape index (κ1) is 14.5. The minimum atomic E-state index is 0.0819. The minimum absolute atomic E-state index is 0.0819. The number of ether oxygens (including phenoxy) is 1. The number of nitrogens with zero attached hydrogens (tertiary/aromatic N) is 4. The molecule has 114 valence electrons. The summed E-state index contributed by atoms with van der Waals surface area (Å²) in [5, 5.41) is 9.13. The van der Waals surface area contributed by atoms with Gasteiger partial charge in [-0.05, 0) is 37.1 Å². The van der Waals surface area contributed by atoms with Crippen LogP contribution in [-0.2, 0) is 0 Å². The second-order valence-corrected chi connectivity index (χ2v) is 5.60. The molecular weight excluding hydrogens is 276 g/mol. The van der Waals surface area contributed by atoms with Crippen LogP contribution >= 0.6 is 0 Å². The molecule has 0 amide bonds. The van der Waals surface area contributed by atoms with Crippen LogP contribution in [0.25, 0.3) is 10.9 Å². The Labute approximate surface area is 129 Å². The predicted octanol–water partition coefficient (Wildman–Crippen LogP) is 3.47. The highest BCUT2D eigenvalue weighted by molar-refractivity contribution is 5.80. The van der Waals surface area contributed by atoms with Gasteiger partial charge in [0.2, 0.25) is 0 Å². The van der Waals surface area contributed by atoms with Gasteiger partial charge in [-0.2, -0.15) is 0 Å². The molecule has 0 radical (unpaired) electrons. The van der Waals surface area contributed by atoms with E-state index in [1.54, 1.807) is 6.20 Å². The van der Waals surface area contributed by atoms with Crippen LogP contribution in [0.4, 0.5) is 0 Å². The maximum Gasteiger partial charge on any atom is 0.120 e. The van der Waals surface area contributed by atoms with Crippen molar-refractivity contribution in [1.82, 2.24) is 20.0 Å². The number of rotatable bonds is 5. The molecule has 3 rings (SSSR count). The van der Waals surface area contributed by atoms with Crippen LogP contribution < -0.4 is 4.74 Å². The van der Waals surface area contributed by atoms with E-state index < -0.39 is 0 Å². The van der Waals surface area contributed by atoms with Gasteiger partial charge < -0.3 is 4.74 Å². The zero-order valence-corrected chi connectivity index (χ0v) is 13.1. The molecule has 0 bridgehead atoms. The predicted molar refractivity (Wildman–Crippen MR) is 85.9 cm³/mol. The summed E-state index contributed by atoms with van der Waals surface area (Å²) in [5.41, 5.74) is 1.96. The van der Waals surface area contributed by atoms with Gasteiger partial charge >= 0.3 is 0 Å². The van der Waals surface area contributed by atoms with E-state index in [-0.39, 0.29) is 6.04 Å². The minimum Gasteiger partial charge on any atom is -0.494 e. The van der Waals surface area contributed by atoms with E-state index in [1.165, 1.54) is 0 Å². The number of benzene rings is 1. The van der Waals surface area contributed by atoms with Crippen molar-refractivity contribution in [3.8, 4) is 5.75 Å². The van der Waals surface area contributed by atoms with Crippen LogP contribution in [0.5, 0.6) is 5.75 Å². The maximum absolute atomic E-state index is 5.54. The summed E-state index contributed by atoms with van der Waals surface area (Å²) in [4.78, 5) is 4.81. The van der Waals surface area contributed by atoms with Crippen LogP contribution in [0, 0.1) is 5.92 Å². The molecule has 0 spiro atoms. The van der Waals surface area contributed by atoms with E-state index in [2.05, 4.69) is 36.3 Å². The van der Waals surface area contributed by atoms with Crippen LogP contribution in [0.1, 0.15) is 32.5 Å². The quantitative estimate of drug-likeness (QED) is 0.723. The second-order valence-electron chi connectivity index (χ2n) is 5.60. The number of hydrogen-bond donors (Lipinski definition) is 0. The van der Waals surface area contributed by atoms with Gasteiger partial charge in [-0.1, -0.05) is 25.1 Å². The molecule has 0 aliphatic heterocycles. The third kappa shape index (κ3) is 2.79. The average Bonchev–Trinajstić information content (AvgIpc) is 3.01. The Morgan fingerprint density at radius 2 is 2.05 bits per heavy atom. The fourth-order valence-electron chi connectivity index (χ4n) is 2.69. The highest BCUT2D eigenvalue weighted by atomic mass is 16.5. The molecule has 0 N–H and O–H groups in total. The molecule has 0 aliphatic rings. The van der Waals surface area contributed by atoms with Crippen LogP contribution in [0.2, 0.25) is 0 Å². The lowest BCUT2D eigenvalue weighted by molar-refractivity contribution is 0.340. The zero-order chi connectivity index (χ0) is 15.5. The molecule has 5 nitrogen and oxygen atoms in total. The molecule has 1 aromatic carbocycles. The topological polar surface area (TPSA) is 52.8 Å². The molecule has 0 aliphatic carbocycles. The van der Waals surface area contributed by atoms with Gasteiger partial charge in [-0.25, -0.2) is 4.68 Å². The van der Waals surface area contributed by atoms with Gasteiger partial charge in [-0.15, -0.1) is 5.10 Å². The molecule has 3 aromatic rings. The Morgan fingerprint density at radius 1 is 1.18 bits per heavy atom. The molecule has 2 aromatic heterocycles. The van der Waals surface area contributed by atoms with E-state index in [0.717, 1.165) is 22.3 Å². The summed E-state index contributed by atoms with van der Waals surface area (Å²) in [7, 11) is 0. The molecule has 2 heterocycles. The van der Waals surface area contributed by atoms with Crippen molar-refractivity contribution in [2.75, 3.05) is 6.61 Å². The Bertz CT molecular complexity index is 752. The van der Waals surface area contributed by atoms with Crippen molar-refractivity contribution >= 4 is 10.9 Å². The van der Waals surface area contributed by atoms with Gasteiger partial charge in [-0.3, -0.25) is 4.98 Å². The maximum atomic E-state index is 5.54. The number of fused-ring (bicyclic) bond motifs is 1. The summed E-state index contributed by atoms with van der Waals surface area (Å²) in [6.45, 7) is 6.97. The lowest BCUT2D eigenvalue weighted by atomic mass is 10.00. The SMILES string of the molecule is CCOc1ccc2nc(C(C(C)C)n3ccnn3)ccc2c1. The van der Waals surface area contributed by atoms with Crippen LogP contribution in [-0.4, -0.2) is 26.6 Å². The van der Waals surface area contributed by atoms with Gasteiger partial charge in [0, 0.05) is 11.6 Å². The normalized spacial score (nSPS) is 12.7. The lowest BCUT2D eigenvalue weighted by Crippen LogP contribution is -2.18. The lowest BCUT2D eigenvalue weighted by Gasteiger charge is -2.20.